The molecule has 0 saturated heterocycles. The molecule has 1 atom stereocenters. The van der Waals surface area contributed by atoms with Crippen LogP contribution in [0.2, 0.25) is 0 Å². The highest BCUT2D eigenvalue weighted by molar-refractivity contribution is 7.21. The summed E-state index contributed by atoms with van der Waals surface area (Å²) in [6.07, 6.45) is 1.71. The van der Waals surface area contributed by atoms with Gasteiger partial charge in [-0.15, -0.1) is 21.5 Å². The van der Waals surface area contributed by atoms with Crippen LogP contribution in [0.3, 0.4) is 0 Å². The summed E-state index contributed by atoms with van der Waals surface area (Å²) in [7, 11) is 0. The molecule has 28 heavy (non-hydrogen) atoms. The molecule has 0 fully saturated rings. The summed E-state index contributed by atoms with van der Waals surface area (Å²) in [6.45, 7) is 3.00. The van der Waals surface area contributed by atoms with E-state index in [0.29, 0.717) is 35.9 Å². The van der Waals surface area contributed by atoms with Crippen LogP contribution < -0.4 is 0 Å². The Labute approximate surface area is 163 Å². The van der Waals surface area contributed by atoms with Crippen LogP contribution in [-0.2, 0) is 6.54 Å². The first-order valence-electron chi connectivity index (χ1n) is 8.83. The average Bonchev–Trinajstić information content (AvgIpc) is 3.32. The number of rotatable bonds is 2. The molecule has 1 amide bonds. The van der Waals surface area contributed by atoms with Crippen molar-refractivity contribution in [2.45, 2.75) is 19.5 Å². The van der Waals surface area contributed by atoms with E-state index < -0.39 is 0 Å². The van der Waals surface area contributed by atoms with Gasteiger partial charge in [0.05, 0.1) is 10.7 Å². The van der Waals surface area contributed by atoms with Crippen molar-refractivity contribution in [3.63, 3.8) is 0 Å². The van der Waals surface area contributed by atoms with E-state index in [1.54, 1.807) is 11.1 Å². The van der Waals surface area contributed by atoms with Gasteiger partial charge in [0.1, 0.15) is 5.82 Å². The lowest BCUT2D eigenvalue weighted by atomic mass is 10.1. The predicted octanol–water partition coefficient (Wildman–Crippen LogP) is 3.31. The van der Waals surface area contributed by atoms with Gasteiger partial charge in [0.25, 0.3) is 5.91 Å². The standard InChI is InChI=1S/C19H15FN6OS/c1-11-16-23-24-17(18-22-15-14(28-18)3-2-8-21-15)26(16)10-9-25(11)19(27)12-4-6-13(20)7-5-12/h2-8,11H,9-10H2,1H3/t11-/m1/s1. The first kappa shape index (κ1) is 16.9. The fourth-order valence-electron chi connectivity index (χ4n) is 3.44. The first-order valence-corrected chi connectivity index (χ1v) is 9.65. The van der Waals surface area contributed by atoms with Crippen molar-refractivity contribution in [2.75, 3.05) is 6.54 Å². The summed E-state index contributed by atoms with van der Waals surface area (Å²) in [5.74, 6) is 0.896. The van der Waals surface area contributed by atoms with Crippen LogP contribution in [0.15, 0.2) is 42.6 Å². The second-order valence-corrected chi connectivity index (χ2v) is 7.59. The number of carbonyl (C=O) groups is 1. The van der Waals surface area contributed by atoms with Crippen LogP contribution in [0.1, 0.15) is 29.1 Å². The average molecular weight is 394 g/mol. The highest BCUT2D eigenvalue weighted by Gasteiger charge is 2.32. The SMILES string of the molecule is C[C@@H]1c2nnc(-c3nc4ncccc4s3)n2CCN1C(=O)c1ccc(F)cc1. The maximum absolute atomic E-state index is 13.2. The number of fused-ring (bicyclic) bond motifs is 2. The van der Waals surface area contributed by atoms with Gasteiger partial charge in [-0.3, -0.25) is 4.79 Å². The van der Waals surface area contributed by atoms with E-state index >= 15 is 0 Å². The van der Waals surface area contributed by atoms with E-state index in [4.69, 9.17) is 0 Å². The molecule has 0 unspecified atom stereocenters. The fourth-order valence-corrected chi connectivity index (χ4v) is 4.36. The van der Waals surface area contributed by atoms with Gasteiger partial charge in [0.15, 0.2) is 22.3 Å². The Morgan fingerprint density at radius 2 is 2.00 bits per heavy atom. The first-order chi connectivity index (χ1) is 13.6. The molecule has 140 valence electrons. The maximum Gasteiger partial charge on any atom is 0.254 e. The molecule has 0 radical (unpaired) electrons. The molecule has 1 aromatic carbocycles. The number of benzene rings is 1. The minimum atomic E-state index is -0.363. The normalized spacial score (nSPS) is 16.4. The Morgan fingerprint density at radius 1 is 1.18 bits per heavy atom. The van der Waals surface area contributed by atoms with Crippen LogP contribution >= 0.6 is 11.3 Å². The zero-order valence-electron chi connectivity index (χ0n) is 14.9. The van der Waals surface area contributed by atoms with Gasteiger partial charge in [-0.2, -0.15) is 0 Å². The Bertz CT molecular complexity index is 1150. The fraction of sp³-hybridized carbons (Fsp3) is 0.211. The predicted molar refractivity (Wildman–Crippen MR) is 102 cm³/mol. The Morgan fingerprint density at radius 3 is 2.79 bits per heavy atom. The van der Waals surface area contributed by atoms with Crippen molar-refractivity contribution in [2.24, 2.45) is 0 Å². The van der Waals surface area contributed by atoms with Crippen molar-refractivity contribution in [1.82, 2.24) is 29.6 Å². The van der Waals surface area contributed by atoms with Gasteiger partial charge in [-0.25, -0.2) is 14.4 Å². The van der Waals surface area contributed by atoms with Crippen LogP contribution in [0, 0.1) is 5.82 Å². The minimum Gasteiger partial charge on any atom is -0.327 e. The smallest absolute Gasteiger partial charge is 0.254 e. The van der Waals surface area contributed by atoms with E-state index in [0.717, 1.165) is 9.71 Å². The lowest BCUT2D eigenvalue weighted by Crippen LogP contribution is -2.41. The van der Waals surface area contributed by atoms with Gasteiger partial charge in [-0.1, -0.05) is 0 Å². The summed E-state index contributed by atoms with van der Waals surface area (Å²) in [5.41, 5.74) is 1.15. The summed E-state index contributed by atoms with van der Waals surface area (Å²) < 4.78 is 16.2. The highest BCUT2D eigenvalue weighted by atomic mass is 32.1. The summed E-state index contributed by atoms with van der Waals surface area (Å²) in [5, 5.41) is 9.43. The molecule has 3 aromatic heterocycles. The van der Waals surface area contributed by atoms with Gasteiger partial charge in [0.2, 0.25) is 0 Å². The van der Waals surface area contributed by atoms with Gasteiger partial charge >= 0.3 is 0 Å². The van der Waals surface area contributed by atoms with Crippen molar-refractivity contribution >= 4 is 27.6 Å². The summed E-state index contributed by atoms with van der Waals surface area (Å²) in [4.78, 5) is 23.4. The van der Waals surface area contributed by atoms with Crippen molar-refractivity contribution in [3.05, 3.63) is 59.8 Å². The Hall–Kier alpha value is -3.20. The molecule has 1 aliphatic rings. The molecule has 0 saturated carbocycles. The number of amides is 1. The van der Waals surface area contributed by atoms with E-state index in [-0.39, 0.29) is 17.8 Å². The Balaban J connectivity index is 1.47. The van der Waals surface area contributed by atoms with Crippen molar-refractivity contribution in [1.29, 1.82) is 0 Å². The Kier molecular flexibility index (Phi) is 3.90. The van der Waals surface area contributed by atoms with Crippen molar-refractivity contribution < 1.29 is 9.18 Å². The summed E-state index contributed by atoms with van der Waals surface area (Å²) >= 11 is 1.52. The van der Waals surface area contributed by atoms with E-state index in [1.807, 2.05) is 23.6 Å². The van der Waals surface area contributed by atoms with Gasteiger partial charge in [-0.05, 0) is 43.3 Å². The van der Waals surface area contributed by atoms with Gasteiger partial charge < -0.3 is 9.47 Å². The number of hydrogen-bond donors (Lipinski definition) is 0. The zero-order chi connectivity index (χ0) is 19.3. The molecule has 5 rings (SSSR count). The molecule has 0 N–H and O–H groups in total. The van der Waals surface area contributed by atoms with Crippen LogP contribution in [0.4, 0.5) is 4.39 Å². The number of pyridine rings is 1. The molecule has 1 aliphatic heterocycles. The second kappa shape index (κ2) is 6.45. The van der Waals surface area contributed by atoms with E-state index in [2.05, 4.69) is 20.2 Å². The molecule has 0 spiro atoms. The molecule has 7 nitrogen and oxygen atoms in total. The van der Waals surface area contributed by atoms with Crippen LogP contribution in [0.5, 0.6) is 0 Å². The molecule has 9 heteroatoms. The minimum absolute atomic E-state index is 0.146. The number of aromatic nitrogens is 5. The summed E-state index contributed by atoms with van der Waals surface area (Å²) in [6, 6.07) is 9.20. The molecule has 0 aliphatic carbocycles. The third-order valence-electron chi connectivity index (χ3n) is 4.89. The lowest BCUT2D eigenvalue weighted by molar-refractivity contribution is 0.0638. The number of thiazole rings is 1. The van der Waals surface area contributed by atoms with E-state index in [9.17, 15) is 9.18 Å². The van der Waals surface area contributed by atoms with Crippen LogP contribution in [-0.4, -0.2) is 42.1 Å². The molecule has 0 bridgehead atoms. The van der Waals surface area contributed by atoms with Crippen LogP contribution in [0.25, 0.3) is 21.2 Å². The number of carbonyl (C=O) groups excluding carboxylic acids is 1. The molecule has 4 heterocycles. The maximum atomic E-state index is 13.2. The quantitative estimate of drug-likeness (QED) is 0.521. The number of nitrogens with zero attached hydrogens (tertiary/aromatic N) is 6. The van der Waals surface area contributed by atoms with Crippen molar-refractivity contribution in [3.8, 4) is 10.8 Å². The highest BCUT2D eigenvalue weighted by Crippen LogP contribution is 2.32. The largest absolute Gasteiger partial charge is 0.327 e. The second-order valence-electron chi connectivity index (χ2n) is 6.56. The third kappa shape index (κ3) is 2.66. The number of halogens is 1. The van der Waals surface area contributed by atoms with E-state index in [1.165, 1.54) is 35.6 Å². The number of hydrogen-bond acceptors (Lipinski definition) is 6. The molecule has 4 aromatic rings. The third-order valence-corrected chi connectivity index (χ3v) is 5.90. The monoisotopic (exact) mass is 394 g/mol. The van der Waals surface area contributed by atoms with Gasteiger partial charge in [0, 0.05) is 24.8 Å². The zero-order valence-corrected chi connectivity index (χ0v) is 15.7. The lowest BCUT2D eigenvalue weighted by Gasteiger charge is -2.33. The topological polar surface area (TPSA) is 76.8 Å². The molecular formula is C19H15FN6OS. The molecular weight excluding hydrogens is 379 g/mol.